The van der Waals surface area contributed by atoms with E-state index in [0.717, 1.165) is 21.3 Å². The lowest BCUT2D eigenvalue weighted by atomic mass is 10.3. The predicted octanol–water partition coefficient (Wildman–Crippen LogP) is 1.65. The third kappa shape index (κ3) is 5.40. The minimum Gasteiger partial charge on any atom is -0.406 e. The average Bonchev–Trinajstić information content (AvgIpc) is 3.09. The maximum Gasteiger partial charge on any atom is 0.573 e. The number of anilines is 1. The molecule has 1 N–H and O–H groups in total. The van der Waals surface area contributed by atoms with E-state index in [1.54, 1.807) is 0 Å². The summed E-state index contributed by atoms with van der Waals surface area (Å²) in [6.45, 7) is -0.524. The van der Waals surface area contributed by atoms with E-state index in [2.05, 4.69) is 20.4 Å². The molecule has 0 bridgehead atoms. The van der Waals surface area contributed by atoms with Crippen molar-refractivity contribution in [1.82, 2.24) is 19.5 Å². The van der Waals surface area contributed by atoms with Crippen molar-refractivity contribution in [1.29, 1.82) is 0 Å². The molecule has 3 aromatic rings. The summed E-state index contributed by atoms with van der Waals surface area (Å²) < 4.78 is 65.9. The highest BCUT2D eigenvalue weighted by molar-refractivity contribution is 7.89. The molecule has 1 aromatic heterocycles. The Morgan fingerprint density at radius 3 is 2.45 bits per heavy atom. The Labute approximate surface area is 174 Å². The third-order valence-corrected chi connectivity index (χ3v) is 5.67. The quantitative estimate of drug-likeness (QED) is 0.571. The van der Waals surface area contributed by atoms with Crippen molar-refractivity contribution in [3.05, 3.63) is 42.5 Å². The van der Waals surface area contributed by atoms with Crippen molar-refractivity contribution in [3.8, 4) is 5.75 Å². The van der Waals surface area contributed by atoms with E-state index >= 15 is 0 Å². The smallest absolute Gasteiger partial charge is 0.406 e. The van der Waals surface area contributed by atoms with Gasteiger partial charge in [0.25, 0.3) is 5.91 Å². The average molecular weight is 459 g/mol. The number of hydrogen-bond acceptors (Lipinski definition) is 7. The number of halogens is 3. The Morgan fingerprint density at radius 2 is 1.84 bits per heavy atom. The number of hydrogen-bond donors (Lipinski definition) is 1. The van der Waals surface area contributed by atoms with Crippen LogP contribution in [0.1, 0.15) is 0 Å². The number of carbonyl (C=O) groups is 1. The molecule has 10 nitrogen and oxygen atoms in total. The number of nitrogens with zero attached hydrogens (tertiary/aromatic N) is 4. The molecule has 2 aromatic carbocycles. The van der Waals surface area contributed by atoms with Crippen molar-refractivity contribution in [2.45, 2.75) is 11.3 Å². The van der Waals surface area contributed by atoms with Crippen molar-refractivity contribution in [2.24, 2.45) is 0 Å². The Kier molecular flexibility index (Phi) is 6.03. The second kappa shape index (κ2) is 8.39. The van der Waals surface area contributed by atoms with Gasteiger partial charge < -0.3 is 14.9 Å². The fraction of sp³-hybridized carbons (Fsp3) is 0.235. The molecule has 0 unspecified atom stereocenters. The van der Waals surface area contributed by atoms with Gasteiger partial charge in [0, 0.05) is 19.8 Å². The second-order valence-electron chi connectivity index (χ2n) is 6.29. The van der Waals surface area contributed by atoms with Gasteiger partial charge in [-0.2, -0.15) is 0 Å². The molecule has 0 saturated heterocycles. The first kappa shape index (κ1) is 22.3. The van der Waals surface area contributed by atoms with E-state index in [0.29, 0.717) is 5.52 Å². The number of rotatable bonds is 7. The Morgan fingerprint density at radius 1 is 1.16 bits per heavy atom. The van der Waals surface area contributed by atoms with E-state index in [1.807, 2.05) is 0 Å². The molecule has 0 spiro atoms. The number of alkyl halides is 3. The summed E-state index contributed by atoms with van der Waals surface area (Å²) in [5.41, 5.74) is 0.786. The molecule has 1 amide bonds. The lowest BCUT2D eigenvalue weighted by Gasteiger charge is -2.11. The first-order chi connectivity index (χ1) is 14.5. The number of amides is 1. The van der Waals surface area contributed by atoms with E-state index in [1.165, 1.54) is 44.4 Å². The SMILES string of the molecule is CN(C)S(=O)(=O)c1ccc2nnn(OCC(=O)Nc3ccc(OC(F)(F)F)cc3)c2c1. The van der Waals surface area contributed by atoms with Gasteiger partial charge in [-0.3, -0.25) is 4.79 Å². The van der Waals surface area contributed by atoms with Crippen molar-refractivity contribution in [2.75, 3.05) is 26.0 Å². The zero-order valence-electron chi connectivity index (χ0n) is 16.1. The summed E-state index contributed by atoms with van der Waals surface area (Å²) >= 11 is 0. The Bertz CT molecular complexity index is 1190. The monoisotopic (exact) mass is 459 g/mol. The van der Waals surface area contributed by atoms with E-state index in [4.69, 9.17) is 4.84 Å². The lowest BCUT2D eigenvalue weighted by molar-refractivity contribution is -0.274. The minimum absolute atomic E-state index is 0.0113. The molecule has 3 rings (SSSR count). The van der Waals surface area contributed by atoms with Crippen LogP contribution < -0.4 is 14.9 Å². The molecular weight excluding hydrogens is 443 g/mol. The summed E-state index contributed by atoms with van der Waals surface area (Å²) in [6.07, 6.45) is -4.81. The van der Waals surface area contributed by atoms with Gasteiger partial charge in [0.05, 0.1) is 4.90 Å². The standard InChI is InChI=1S/C17H16F3N5O5S/c1-24(2)31(27,28)13-7-8-14-15(9-13)25(23-22-14)29-10-16(26)21-11-3-5-12(6-4-11)30-17(18,19)20/h3-9H,10H2,1-2H3,(H,21,26). The van der Waals surface area contributed by atoms with Crippen LogP contribution in [-0.2, 0) is 14.8 Å². The fourth-order valence-electron chi connectivity index (χ4n) is 2.40. The molecule has 0 radical (unpaired) electrons. The van der Waals surface area contributed by atoms with Gasteiger partial charge in [-0.25, -0.2) is 12.7 Å². The minimum atomic E-state index is -4.81. The van der Waals surface area contributed by atoms with Gasteiger partial charge >= 0.3 is 6.36 Å². The van der Waals surface area contributed by atoms with E-state index < -0.39 is 34.6 Å². The van der Waals surface area contributed by atoms with Crippen LogP contribution in [0.15, 0.2) is 47.4 Å². The van der Waals surface area contributed by atoms with Crippen LogP contribution in [0.5, 0.6) is 5.75 Å². The van der Waals surface area contributed by atoms with Crippen LogP contribution in [0.2, 0.25) is 0 Å². The van der Waals surface area contributed by atoms with Crippen molar-refractivity contribution < 1.29 is 36.0 Å². The highest BCUT2D eigenvalue weighted by Crippen LogP contribution is 2.24. The molecule has 1 heterocycles. The van der Waals surface area contributed by atoms with Gasteiger partial charge in [0.1, 0.15) is 16.8 Å². The van der Waals surface area contributed by atoms with Crippen LogP contribution in [0, 0.1) is 0 Å². The second-order valence-corrected chi connectivity index (χ2v) is 8.45. The Balaban J connectivity index is 1.66. The van der Waals surface area contributed by atoms with Gasteiger partial charge in [-0.1, -0.05) is 4.85 Å². The van der Waals surface area contributed by atoms with E-state index in [9.17, 15) is 26.4 Å². The summed E-state index contributed by atoms with van der Waals surface area (Å²) in [7, 11) is -0.928. The van der Waals surface area contributed by atoms with Gasteiger partial charge in [0.15, 0.2) is 6.61 Å². The molecule has 0 saturated carbocycles. The Hall–Kier alpha value is -3.39. The first-order valence-corrected chi connectivity index (χ1v) is 9.97. The zero-order chi connectivity index (χ0) is 22.8. The van der Waals surface area contributed by atoms with Gasteiger partial charge in [-0.15, -0.1) is 18.3 Å². The summed E-state index contributed by atoms with van der Waals surface area (Å²) in [6, 6.07) is 8.66. The normalized spacial score (nSPS) is 12.2. The summed E-state index contributed by atoms with van der Waals surface area (Å²) in [5, 5.41) is 9.98. The van der Waals surface area contributed by atoms with Gasteiger partial charge in [0.2, 0.25) is 10.0 Å². The number of ether oxygens (including phenoxy) is 1. The molecular formula is C17H16F3N5O5S. The topological polar surface area (TPSA) is 116 Å². The molecule has 166 valence electrons. The highest BCUT2D eigenvalue weighted by Gasteiger charge is 2.31. The molecule has 14 heteroatoms. The largest absolute Gasteiger partial charge is 0.573 e. The van der Waals surface area contributed by atoms with Crippen LogP contribution in [0.25, 0.3) is 11.0 Å². The third-order valence-electron chi connectivity index (χ3n) is 3.85. The summed E-state index contributed by atoms with van der Waals surface area (Å²) in [5.74, 6) is -1.07. The lowest BCUT2D eigenvalue weighted by Crippen LogP contribution is -2.26. The maximum absolute atomic E-state index is 12.3. The van der Waals surface area contributed by atoms with Crippen molar-refractivity contribution >= 4 is 32.7 Å². The van der Waals surface area contributed by atoms with E-state index in [-0.39, 0.29) is 16.1 Å². The number of nitrogens with one attached hydrogen (secondary N) is 1. The predicted molar refractivity (Wildman–Crippen MR) is 102 cm³/mol. The molecule has 0 aliphatic rings. The zero-order valence-corrected chi connectivity index (χ0v) is 16.9. The number of carbonyl (C=O) groups excluding carboxylic acids is 1. The van der Waals surface area contributed by atoms with Crippen LogP contribution in [-0.4, -0.2) is 60.9 Å². The first-order valence-electron chi connectivity index (χ1n) is 8.53. The number of benzene rings is 2. The number of sulfonamides is 1. The number of aromatic nitrogens is 3. The molecule has 31 heavy (non-hydrogen) atoms. The highest BCUT2D eigenvalue weighted by atomic mass is 32.2. The van der Waals surface area contributed by atoms with Crippen LogP contribution in [0.3, 0.4) is 0 Å². The molecule has 0 atom stereocenters. The van der Waals surface area contributed by atoms with Crippen LogP contribution >= 0.6 is 0 Å². The maximum atomic E-state index is 12.3. The van der Waals surface area contributed by atoms with Crippen LogP contribution in [0.4, 0.5) is 18.9 Å². The fourth-order valence-corrected chi connectivity index (χ4v) is 3.32. The molecule has 0 fully saturated rings. The summed E-state index contributed by atoms with van der Waals surface area (Å²) in [4.78, 5) is 18.2. The molecule has 0 aliphatic heterocycles. The molecule has 0 aliphatic carbocycles. The van der Waals surface area contributed by atoms with Crippen molar-refractivity contribution in [3.63, 3.8) is 0 Å². The van der Waals surface area contributed by atoms with Gasteiger partial charge in [-0.05, 0) is 47.7 Å². The number of fused-ring (bicyclic) bond motifs is 1.